The molecule has 5 heteroatoms. The molecule has 94 valence electrons. The van der Waals surface area contributed by atoms with Crippen molar-refractivity contribution in [1.29, 1.82) is 5.26 Å². The minimum Gasteiger partial charge on any atom is -0.368 e. The van der Waals surface area contributed by atoms with Gasteiger partial charge in [-0.3, -0.25) is 9.59 Å². The van der Waals surface area contributed by atoms with E-state index in [0.717, 1.165) is 5.56 Å². The number of nitrogens with zero attached hydrogens (tertiary/aromatic N) is 2. The predicted octanol–water partition coefficient (Wildman–Crippen LogP) is 0.435. The molecule has 1 rings (SSSR count). The monoisotopic (exact) mass is 245 g/mol. The van der Waals surface area contributed by atoms with Crippen LogP contribution < -0.4 is 5.73 Å². The highest BCUT2D eigenvalue weighted by molar-refractivity contribution is 5.85. The summed E-state index contributed by atoms with van der Waals surface area (Å²) in [6.45, 7) is 2.17. The van der Waals surface area contributed by atoms with E-state index in [1.807, 2.05) is 6.07 Å². The van der Waals surface area contributed by atoms with Gasteiger partial charge in [-0.25, -0.2) is 0 Å². The Morgan fingerprint density at radius 3 is 2.39 bits per heavy atom. The number of carbonyl (C=O) groups excluding carboxylic acids is 2. The second-order valence-corrected chi connectivity index (χ2v) is 3.86. The largest absolute Gasteiger partial charge is 0.368 e. The van der Waals surface area contributed by atoms with E-state index in [9.17, 15) is 9.59 Å². The molecule has 5 nitrogen and oxygen atoms in total. The molecule has 0 spiro atoms. The van der Waals surface area contributed by atoms with Crippen LogP contribution in [0.5, 0.6) is 0 Å². The van der Waals surface area contributed by atoms with Crippen LogP contribution in [0.2, 0.25) is 0 Å². The molecule has 0 fully saturated rings. The number of nitrogens with two attached hydrogens (primary N) is 1. The van der Waals surface area contributed by atoms with E-state index in [2.05, 4.69) is 0 Å². The Morgan fingerprint density at radius 2 is 1.94 bits per heavy atom. The highest BCUT2D eigenvalue weighted by Gasteiger charge is 2.14. The van der Waals surface area contributed by atoms with Gasteiger partial charge in [0.05, 0.1) is 24.6 Å². The van der Waals surface area contributed by atoms with Crippen molar-refractivity contribution in [2.45, 2.75) is 13.3 Å². The number of hydrogen-bond acceptors (Lipinski definition) is 3. The molecule has 0 atom stereocenters. The van der Waals surface area contributed by atoms with Crippen molar-refractivity contribution in [3.8, 4) is 6.07 Å². The molecule has 0 bridgehead atoms. The fraction of sp³-hybridized carbons (Fsp3) is 0.308. The van der Waals surface area contributed by atoms with Crippen LogP contribution in [0.3, 0.4) is 0 Å². The van der Waals surface area contributed by atoms with Crippen molar-refractivity contribution in [3.63, 3.8) is 0 Å². The first-order valence-corrected chi connectivity index (χ1v) is 5.62. The Morgan fingerprint density at radius 1 is 1.33 bits per heavy atom. The summed E-state index contributed by atoms with van der Waals surface area (Å²) in [5.74, 6) is -0.675. The molecule has 0 aliphatic rings. The van der Waals surface area contributed by atoms with Gasteiger partial charge in [-0.15, -0.1) is 0 Å². The van der Waals surface area contributed by atoms with Gasteiger partial charge in [0.1, 0.15) is 0 Å². The van der Waals surface area contributed by atoms with E-state index >= 15 is 0 Å². The van der Waals surface area contributed by atoms with Gasteiger partial charge < -0.3 is 10.6 Å². The molecule has 0 heterocycles. The number of hydrogen-bond donors (Lipinski definition) is 1. The van der Waals surface area contributed by atoms with Gasteiger partial charge in [-0.05, 0) is 24.6 Å². The van der Waals surface area contributed by atoms with Crippen LogP contribution in [0.15, 0.2) is 24.3 Å². The van der Waals surface area contributed by atoms with Crippen molar-refractivity contribution in [2.75, 3.05) is 13.1 Å². The molecule has 2 N–H and O–H groups in total. The lowest BCUT2D eigenvalue weighted by atomic mass is 10.1. The van der Waals surface area contributed by atoms with Crippen LogP contribution in [0.1, 0.15) is 18.1 Å². The Labute approximate surface area is 106 Å². The number of primary amides is 1. The van der Waals surface area contributed by atoms with Gasteiger partial charge in [-0.1, -0.05) is 12.1 Å². The second-order valence-electron chi connectivity index (χ2n) is 3.86. The first kappa shape index (κ1) is 13.7. The molecule has 0 saturated carbocycles. The Balaban J connectivity index is 2.67. The van der Waals surface area contributed by atoms with Crippen LogP contribution >= 0.6 is 0 Å². The number of carbonyl (C=O) groups is 2. The average molecular weight is 245 g/mol. The van der Waals surface area contributed by atoms with Gasteiger partial charge in [-0.2, -0.15) is 5.26 Å². The van der Waals surface area contributed by atoms with Crippen molar-refractivity contribution < 1.29 is 9.59 Å². The molecule has 2 amide bonds. The van der Waals surface area contributed by atoms with Crippen molar-refractivity contribution in [1.82, 2.24) is 4.90 Å². The maximum Gasteiger partial charge on any atom is 0.237 e. The molecule has 18 heavy (non-hydrogen) atoms. The van der Waals surface area contributed by atoms with E-state index in [0.29, 0.717) is 12.1 Å². The Bertz CT molecular complexity index is 474. The molecular formula is C13H15N3O2. The van der Waals surface area contributed by atoms with Crippen molar-refractivity contribution in [3.05, 3.63) is 35.4 Å². The zero-order chi connectivity index (χ0) is 13.5. The summed E-state index contributed by atoms with van der Waals surface area (Å²) in [6, 6.07) is 8.79. The highest BCUT2D eigenvalue weighted by atomic mass is 16.2. The predicted molar refractivity (Wildman–Crippen MR) is 66.3 cm³/mol. The summed E-state index contributed by atoms with van der Waals surface area (Å²) in [7, 11) is 0. The SMILES string of the molecule is CCN(CC(N)=O)C(=O)Cc1ccc(C#N)cc1. The lowest BCUT2D eigenvalue weighted by Crippen LogP contribution is -2.39. The summed E-state index contributed by atoms with van der Waals surface area (Å²) in [5, 5.41) is 8.66. The summed E-state index contributed by atoms with van der Waals surface area (Å²) >= 11 is 0. The summed E-state index contributed by atoms with van der Waals surface area (Å²) in [6.07, 6.45) is 0.201. The number of rotatable bonds is 5. The van der Waals surface area contributed by atoms with Crippen LogP contribution in [0.4, 0.5) is 0 Å². The molecule has 0 aliphatic heterocycles. The summed E-state index contributed by atoms with van der Waals surface area (Å²) < 4.78 is 0. The standard InChI is InChI=1S/C13H15N3O2/c1-2-16(9-12(15)17)13(18)7-10-3-5-11(8-14)6-4-10/h3-6H,2,7,9H2,1H3,(H2,15,17). The number of benzene rings is 1. The lowest BCUT2D eigenvalue weighted by molar-refractivity contribution is -0.134. The minimum absolute atomic E-state index is 0.0639. The zero-order valence-corrected chi connectivity index (χ0v) is 10.2. The fourth-order valence-electron chi connectivity index (χ4n) is 1.55. The van der Waals surface area contributed by atoms with E-state index < -0.39 is 5.91 Å². The zero-order valence-electron chi connectivity index (χ0n) is 10.2. The molecule has 1 aromatic rings. The van der Waals surface area contributed by atoms with Crippen LogP contribution in [0, 0.1) is 11.3 Å². The lowest BCUT2D eigenvalue weighted by Gasteiger charge is -2.18. The molecule has 0 saturated heterocycles. The van der Waals surface area contributed by atoms with Gasteiger partial charge >= 0.3 is 0 Å². The average Bonchev–Trinajstić information content (AvgIpc) is 2.36. The van der Waals surface area contributed by atoms with Crippen LogP contribution in [-0.2, 0) is 16.0 Å². The van der Waals surface area contributed by atoms with Crippen molar-refractivity contribution >= 4 is 11.8 Å². The first-order valence-electron chi connectivity index (χ1n) is 5.62. The smallest absolute Gasteiger partial charge is 0.237 e. The van der Waals surface area contributed by atoms with Crippen LogP contribution in [0.25, 0.3) is 0 Å². The van der Waals surface area contributed by atoms with E-state index in [4.69, 9.17) is 11.0 Å². The maximum atomic E-state index is 11.9. The quantitative estimate of drug-likeness (QED) is 0.816. The fourth-order valence-corrected chi connectivity index (χ4v) is 1.55. The minimum atomic E-state index is -0.523. The number of amides is 2. The molecule has 0 aliphatic carbocycles. The van der Waals surface area contributed by atoms with Gasteiger partial charge in [0, 0.05) is 6.54 Å². The van der Waals surface area contributed by atoms with Crippen molar-refractivity contribution in [2.24, 2.45) is 5.73 Å². The normalized spacial score (nSPS) is 9.56. The topological polar surface area (TPSA) is 87.2 Å². The molecule has 0 aromatic heterocycles. The third-order valence-electron chi connectivity index (χ3n) is 2.52. The number of nitriles is 1. The van der Waals surface area contributed by atoms with Gasteiger partial charge in [0.15, 0.2) is 0 Å². The van der Waals surface area contributed by atoms with E-state index in [1.165, 1.54) is 4.90 Å². The molecular weight excluding hydrogens is 230 g/mol. The highest BCUT2D eigenvalue weighted by Crippen LogP contribution is 2.06. The first-order chi connectivity index (χ1) is 8.56. The Kier molecular flexibility index (Phi) is 4.88. The third kappa shape index (κ3) is 3.91. The number of likely N-dealkylation sites (N-methyl/N-ethyl adjacent to an activating group) is 1. The summed E-state index contributed by atoms with van der Waals surface area (Å²) in [5.41, 5.74) is 6.43. The van der Waals surface area contributed by atoms with Gasteiger partial charge in [0.2, 0.25) is 11.8 Å². The molecule has 0 radical (unpaired) electrons. The third-order valence-corrected chi connectivity index (χ3v) is 2.52. The van der Waals surface area contributed by atoms with E-state index in [-0.39, 0.29) is 18.9 Å². The molecule has 0 unspecified atom stereocenters. The van der Waals surface area contributed by atoms with E-state index in [1.54, 1.807) is 31.2 Å². The van der Waals surface area contributed by atoms with Crippen LogP contribution in [-0.4, -0.2) is 29.8 Å². The summed E-state index contributed by atoms with van der Waals surface area (Å²) in [4.78, 5) is 24.1. The Hall–Kier alpha value is -2.35. The maximum absolute atomic E-state index is 11.9. The second kappa shape index (κ2) is 6.40. The molecule has 1 aromatic carbocycles. The van der Waals surface area contributed by atoms with Gasteiger partial charge in [0.25, 0.3) is 0 Å².